The van der Waals surface area contributed by atoms with E-state index in [2.05, 4.69) is 10.6 Å². The lowest BCUT2D eigenvalue weighted by Gasteiger charge is -2.25. The minimum absolute atomic E-state index is 0.0656. The van der Waals surface area contributed by atoms with Gasteiger partial charge in [0.1, 0.15) is 6.04 Å². The predicted molar refractivity (Wildman–Crippen MR) is 109 cm³/mol. The van der Waals surface area contributed by atoms with Crippen LogP contribution in [0, 0.1) is 11.8 Å². The molecule has 2 aliphatic rings. The minimum Gasteiger partial charge on any atom is -0.351 e. The smallest absolute Gasteiger partial charge is 0.243 e. The number of anilines is 1. The Morgan fingerprint density at radius 2 is 1.86 bits per heavy atom. The van der Waals surface area contributed by atoms with Crippen molar-refractivity contribution in [1.82, 2.24) is 10.6 Å². The highest BCUT2D eigenvalue weighted by molar-refractivity contribution is 7.91. The molecule has 1 aromatic rings. The van der Waals surface area contributed by atoms with Gasteiger partial charge in [-0.2, -0.15) is 0 Å². The predicted octanol–water partition coefficient (Wildman–Crippen LogP) is 0.484. The number of carbonyl (C=O) groups excluding carboxylic acids is 3. The van der Waals surface area contributed by atoms with Gasteiger partial charge in [0.15, 0.2) is 9.84 Å². The maximum Gasteiger partial charge on any atom is 0.243 e. The van der Waals surface area contributed by atoms with Gasteiger partial charge in [0.2, 0.25) is 17.7 Å². The molecule has 3 amide bonds. The fourth-order valence-electron chi connectivity index (χ4n) is 3.75. The molecule has 8 nitrogen and oxygen atoms in total. The second-order valence-corrected chi connectivity index (χ2v) is 10.3. The number of rotatable bonds is 6. The molecule has 1 aromatic carbocycles. The number of carbonyl (C=O) groups is 3. The van der Waals surface area contributed by atoms with E-state index in [9.17, 15) is 22.8 Å². The molecule has 3 unspecified atom stereocenters. The maximum atomic E-state index is 12.8. The van der Waals surface area contributed by atoms with Crippen LogP contribution >= 0.6 is 0 Å². The molecule has 2 aliphatic heterocycles. The van der Waals surface area contributed by atoms with E-state index in [-0.39, 0.29) is 48.1 Å². The first-order valence-electron chi connectivity index (χ1n) is 9.83. The third-order valence-corrected chi connectivity index (χ3v) is 7.16. The molecule has 158 valence electrons. The number of benzene rings is 1. The minimum atomic E-state index is -3.11. The summed E-state index contributed by atoms with van der Waals surface area (Å²) >= 11 is 0. The van der Waals surface area contributed by atoms with E-state index in [0.717, 1.165) is 5.69 Å². The highest BCUT2D eigenvalue weighted by Crippen LogP contribution is 2.25. The highest BCUT2D eigenvalue weighted by Gasteiger charge is 2.38. The van der Waals surface area contributed by atoms with Gasteiger partial charge in [-0.1, -0.05) is 32.0 Å². The Hall–Kier alpha value is -2.42. The number of hydrogen-bond acceptors (Lipinski definition) is 5. The summed E-state index contributed by atoms with van der Waals surface area (Å²) in [7, 11) is -3.11. The maximum absolute atomic E-state index is 12.8. The fourth-order valence-corrected chi connectivity index (χ4v) is 5.42. The summed E-state index contributed by atoms with van der Waals surface area (Å²) in [4.78, 5) is 39.3. The van der Waals surface area contributed by atoms with Crippen LogP contribution in [0.2, 0.25) is 0 Å². The third kappa shape index (κ3) is 5.14. The van der Waals surface area contributed by atoms with E-state index in [1.165, 1.54) is 0 Å². The lowest BCUT2D eigenvalue weighted by Crippen LogP contribution is -2.53. The topological polar surface area (TPSA) is 113 Å². The normalized spacial score (nSPS) is 24.5. The van der Waals surface area contributed by atoms with Crippen LogP contribution in [-0.2, 0) is 24.2 Å². The number of hydrogen-bond donors (Lipinski definition) is 2. The first-order valence-corrected chi connectivity index (χ1v) is 11.6. The Labute approximate surface area is 170 Å². The van der Waals surface area contributed by atoms with E-state index in [0.29, 0.717) is 6.42 Å². The zero-order chi connectivity index (χ0) is 21.2. The Morgan fingerprint density at radius 3 is 2.45 bits per heavy atom. The fraction of sp³-hybridized carbons (Fsp3) is 0.550. The number of amides is 3. The molecule has 0 saturated carbocycles. The Balaban J connectivity index is 1.61. The van der Waals surface area contributed by atoms with E-state index >= 15 is 0 Å². The first kappa shape index (κ1) is 21.3. The number of sulfone groups is 1. The van der Waals surface area contributed by atoms with Crippen LogP contribution in [-0.4, -0.2) is 56.3 Å². The van der Waals surface area contributed by atoms with Gasteiger partial charge in [0, 0.05) is 24.7 Å². The van der Waals surface area contributed by atoms with Crippen LogP contribution in [0.3, 0.4) is 0 Å². The molecule has 3 atom stereocenters. The molecule has 29 heavy (non-hydrogen) atoms. The highest BCUT2D eigenvalue weighted by atomic mass is 32.2. The standard InChI is InChI=1S/C20H27N3O5S/c1-13(2)18(20(26)21-15-8-9-29(27,28)12-15)22-19(25)14-10-17(24)23(11-14)16-6-4-3-5-7-16/h3-7,13-15,18H,8-12H2,1-2H3,(H,21,26)(H,22,25). The Morgan fingerprint density at radius 1 is 1.17 bits per heavy atom. The first-order chi connectivity index (χ1) is 13.7. The summed E-state index contributed by atoms with van der Waals surface area (Å²) in [5.74, 6) is -1.58. The van der Waals surface area contributed by atoms with Crippen LogP contribution in [0.15, 0.2) is 30.3 Å². The van der Waals surface area contributed by atoms with Crippen LogP contribution in [0.5, 0.6) is 0 Å². The average molecular weight is 422 g/mol. The SMILES string of the molecule is CC(C)C(NC(=O)C1CC(=O)N(c2ccccc2)C1)C(=O)NC1CCS(=O)(=O)C1. The Bertz CT molecular complexity index is 885. The van der Waals surface area contributed by atoms with E-state index < -0.39 is 27.8 Å². The average Bonchev–Trinajstić information content (AvgIpc) is 3.21. The number of nitrogens with one attached hydrogen (secondary N) is 2. The van der Waals surface area contributed by atoms with Crippen molar-refractivity contribution in [2.75, 3.05) is 23.0 Å². The summed E-state index contributed by atoms with van der Waals surface area (Å²) in [5.41, 5.74) is 0.744. The van der Waals surface area contributed by atoms with Crippen LogP contribution in [0.4, 0.5) is 5.69 Å². The van der Waals surface area contributed by atoms with Crippen molar-refractivity contribution in [2.45, 2.75) is 38.8 Å². The second-order valence-electron chi connectivity index (χ2n) is 8.08. The summed E-state index contributed by atoms with van der Waals surface area (Å²) < 4.78 is 23.2. The summed E-state index contributed by atoms with van der Waals surface area (Å²) in [6.45, 7) is 3.89. The summed E-state index contributed by atoms with van der Waals surface area (Å²) in [6.07, 6.45) is 0.476. The van der Waals surface area contributed by atoms with Gasteiger partial charge in [-0.3, -0.25) is 14.4 Å². The van der Waals surface area contributed by atoms with Crippen LogP contribution in [0.1, 0.15) is 26.7 Å². The Kier molecular flexibility index (Phi) is 6.26. The number of para-hydroxylation sites is 1. The van der Waals surface area contributed by atoms with E-state index in [1.807, 2.05) is 44.2 Å². The molecule has 2 N–H and O–H groups in total. The van der Waals surface area contributed by atoms with Crippen molar-refractivity contribution in [3.05, 3.63) is 30.3 Å². The zero-order valence-electron chi connectivity index (χ0n) is 16.6. The van der Waals surface area contributed by atoms with Gasteiger partial charge in [-0.15, -0.1) is 0 Å². The van der Waals surface area contributed by atoms with Crippen LogP contribution < -0.4 is 15.5 Å². The van der Waals surface area contributed by atoms with Crippen molar-refractivity contribution in [3.8, 4) is 0 Å². The molecule has 0 aliphatic carbocycles. The molecule has 0 radical (unpaired) electrons. The molecule has 2 heterocycles. The van der Waals surface area contributed by atoms with Crippen molar-refractivity contribution in [2.24, 2.45) is 11.8 Å². The van der Waals surface area contributed by atoms with Gasteiger partial charge in [0.05, 0.1) is 17.4 Å². The van der Waals surface area contributed by atoms with Gasteiger partial charge in [-0.25, -0.2) is 8.42 Å². The molecular weight excluding hydrogens is 394 g/mol. The second kappa shape index (κ2) is 8.52. The van der Waals surface area contributed by atoms with Crippen molar-refractivity contribution < 1.29 is 22.8 Å². The third-order valence-electron chi connectivity index (χ3n) is 5.39. The molecule has 0 aromatic heterocycles. The molecule has 9 heteroatoms. The molecular formula is C20H27N3O5S. The lowest BCUT2D eigenvalue weighted by atomic mass is 10.0. The van der Waals surface area contributed by atoms with Crippen molar-refractivity contribution in [1.29, 1.82) is 0 Å². The van der Waals surface area contributed by atoms with Crippen LogP contribution in [0.25, 0.3) is 0 Å². The van der Waals surface area contributed by atoms with Gasteiger partial charge in [-0.05, 0) is 24.5 Å². The van der Waals surface area contributed by atoms with E-state index in [4.69, 9.17) is 0 Å². The largest absolute Gasteiger partial charge is 0.351 e. The molecule has 0 bridgehead atoms. The molecule has 3 rings (SSSR count). The monoisotopic (exact) mass is 421 g/mol. The van der Waals surface area contributed by atoms with Crippen molar-refractivity contribution in [3.63, 3.8) is 0 Å². The van der Waals surface area contributed by atoms with Gasteiger partial charge >= 0.3 is 0 Å². The van der Waals surface area contributed by atoms with Crippen molar-refractivity contribution >= 4 is 33.2 Å². The van der Waals surface area contributed by atoms with Gasteiger partial charge in [0.25, 0.3) is 0 Å². The van der Waals surface area contributed by atoms with E-state index in [1.54, 1.807) is 4.90 Å². The zero-order valence-corrected chi connectivity index (χ0v) is 17.4. The quantitative estimate of drug-likeness (QED) is 0.694. The molecule has 2 fully saturated rings. The van der Waals surface area contributed by atoms with Gasteiger partial charge < -0.3 is 15.5 Å². The summed E-state index contributed by atoms with van der Waals surface area (Å²) in [6, 6.07) is 7.95. The number of nitrogens with zero attached hydrogens (tertiary/aromatic N) is 1. The molecule has 0 spiro atoms. The molecule has 2 saturated heterocycles. The summed E-state index contributed by atoms with van der Waals surface area (Å²) in [5, 5.41) is 5.51. The lowest BCUT2D eigenvalue weighted by molar-refractivity contribution is -0.132.